The van der Waals surface area contributed by atoms with Crippen molar-refractivity contribution in [2.75, 3.05) is 52.4 Å². The zero-order chi connectivity index (χ0) is 18.4. The first-order chi connectivity index (χ1) is 11.8. The third kappa shape index (κ3) is 5.55. The van der Waals surface area contributed by atoms with E-state index in [1.54, 1.807) is 11.8 Å². The summed E-state index contributed by atoms with van der Waals surface area (Å²) in [6.07, 6.45) is 1.06. The van der Waals surface area contributed by atoms with E-state index in [1.807, 2.05) is 6.92 Å². The van der Waals surface area contributed by atoms with Gasteiger partial charge in [-0.2, -0.15) is 12.7 Å². The summed E-state index contributed by atoms with van der Waals surface area (Å²) in [5, 5.41) is 0. The Kier molecular flexibility index (Phi) is 7.03. The van der Waals surface area contributed by atoms with Gasteiger partial charge in [0.15, 0.2) is 0 Å². The van der Waals surface area contributed by atoms with Crippen LogP contribution in [0.25, 0.3) is 0 Å². The molecular formula is C15H28N4O5S. The number of rotatable bonds is 7. The summed E-state index contributed by atoms with van der Waals surface area (Å²) in [6.45, 7) is 6.69. The Morgan fingerprint density at radius 2 is 1.92 bits per heavy atom. The van der Waals surface area contributed by atoms with Crippen LogP contribution in [0.2, 0.25) is 0 Å². The van der Waals surface area contributed by atoms with Crippen LogP contribution in [0.5, 0.6) is 0 Å². The molecule has 1 atom stereocenters. The number of piperazine rings is 1. The predicted octanol–water partition coefficient (Wildman–Crippen LogP) is -0.147. The normalized spacial score (nSPS) is 20.8. The highest BCUT2D eigenvalue weighted by atomic mass is 32.2. The summed E-state index contributed by atoms with van der Waals surface area (Å²) < 4.78 is 33.7. The standard InChI is InChI=1S/C15H28N4O5S/c1-3-24-15(21)17-7-9-19(10-8-17)25(22,23)16-11-13(2)12-18-6-4-5-14(18)20/h13,16H,3-12H2,1-2H3/t13-/m0/s1. The number of hydrogen-bond donors (Lipinski definition) is 1. The summed E-state index contributed by atoms with van der Waals surface area (Å²) in [7, 11) is -3.59. The number of likely N-dealkylation sites (tertiary alicyclic amines) is 1. The van der Waals surface area contributed by atoms with E-state index in [9.17, 15) is 18.0 Å². The molecule has 0 aromatic carbocycles. The molecular weight excluding hydrogens is 348 g/mol. The summed E-state index contributed by atoms with van der Waals surface area (Å²) >= 11 is 0. The maximum atomic E-state index is 12.4. The molecule has 0 aromatic heterocycles. The highest BCUT2D eigenvalue weighted by Gasteiger charge is 2.30. The first-order valence-electron chi connectivity index (χ1n) is 8.77. The number of nitrogens with zero attached hydrogens (tertiary/aromatic N) is 3. The average molecular weight is 376 g/mol. The van der Waals surface area contributed by atoms with Gasteiger partial charge in [0.1, 0.15) is 0 Å². The maximum Gasteiger partial charge on any atom is 0.409 e. The molecule has 2 aliphatic rings. The fourth-order valence-corrected chi connectivity index (χ4v) is 4.32. The minimum absolute atomic E-state index is 0.0395. The third-order valence-electron chi connectivity index (χ3n) is 4.42. The molecule has 0 saturated carbocycles. The molecule has 2 amide bonds. The average Bonchev–Trinajstić information content (AvgIpc) is 2.98. The van der Waals surface area contributed by atoms with Gasteiger partial charge in [-0.25, -0.2) is 9.52 Å². The quantitative estimate of drug-likeness (QED) is 0.666. The van der Waals surface area contributed by atoms with Crippen molar-refractivity contribution in [3.63, 3.8) is 0 Å². The first-order valence-corrected chi connectivity index (χ1v) is 10.2. The molecule has 25 heavy (non-hydrogen) atoms. The van der Waals surface area contributed by atoms with Gasteiger partial charge < -0.3 is 14.5 Å². The lowest BCUT2D eigenvalue weighted by Gasteiger charge is -2.33. The fourth-order valence-electron chi connectivity index (χ4n) is 3.00. The van der Waals surface area contributed by atoms with Crippen LogP contribution in [0.1, 0.15) is 26.7 Å². The second kappa shape index (κ2) is 8.81. The Labute approximate surface area is 149 Å². The van der Waals surface area contributed by atoms with Crippen molar-refractivity contribution in [3.8, 4) is 0 Å². The van der Waals surface area contributed by atoms with E-state index in [4.69, 9.17) is 4.74 Å². The monoisotopic (exact) mass is 376 g/mol. The summed E-state index contributed by atoms with van der Waals surface area (Å²) in [6, 6.07) is 0. The minimum atomic E-state index is -3.59. The van der Waals surface area contributed by atoms with E-state index in [0.717, 1.165) is 13.0 Å². The van der Waals surface area contributed by atoms with Crippen LogP contribution in [-0.2, 0) is 19.7 Å². The highest BCUT2D eigenvalue weighted by Crippen LogP contribution is 2.12. The third-order valence-corrected chi connectivity index (χ3v) is 6.00. The summed E-state index contributed by atoms with van der Waals surface area (Å²) in [5.74, 6) is 0.183. The molecule has 0 radical (unpaired) electrons. The lowest BCUT2D eigenvalue weighted by atomic mass is 10.2. The van der Waals surface area contributed by atoms with E-state index < -0.39 is 16.3 Å². The molecule has 2 saturated heterocycles. The van der Waals surface area contributed by atoms with Crippen LogP contribution in [0, 0.1) is 5.92 Å². The van der Waals surface area contributed by atoms with Crippen LogP contribution in [-0.4, -0.2) is 86.9 Å². The number of hydrogen-bond acceptors (Lipinski definition) is 5. The van der Waals surface area contributed by atoms with Crippen LogP contribution in [0.3, 0.4) is 0 Å². The van der Waals surface area contributed by atoms with E-state index in [1.165, 1.54) is 9.21 Å². The molecule has 0 aromatic rings. The van der Waals surface area contributed by atoms with Crippen LogP contribution in [0.15, 0.2) is 0 Å². The topological polar surface area (TPSA) is 99.3 Å². The Hall–Kier alpha value is -1.39. The van der Waals surface area contributed by atoms with Gasteiger partial charge in [-0.3, -0.25) is 4.79 Å². The van der Waals surface area contributed by atoms with Crippen LogP contribution >= 0.6 is 0 Å². The molecule has 0 spiro atoms. The molecule has 0 bridgehead atoms. The number of ether oxygens (including phenoxy) is 1. The predicted molar refractivity (Wildman–Crippen MR) is 92.1 cm³/mol. The molecule has 1 N–H and O–H groups in total. The molecule has 144 valence electrons. The maximum absolute atomic E-state index is 12.4. The van der Waals surface area contributed by atoms with Gasteiger partial charge in [0.2, 0.25) is 5.91 Å². The zero-order valence-corrected chi connectivity index (χ0v) is 15.8. The SMILES string of the molecule is CCOC(=O)N1CCN(S(=O)(=O)NC[C@H](C)CN2CCCC2=O)CC1. The van der Waals surface area contributed by atoms with Gasteiger partial charge in [0, 0.05) is 52.2 Å². The van der Waals surface area contributed by atoms with Crippen molar-refractivity contribution < 1.29 is 22.7 Å². The smallest absolute Gasteiger partial charge is 0.409 e. The van der Waals surface area contributed by atoms with Gasteiger partial charge >= 0.3 is 6.09 Å². The van der Waals surface area contributed by atoms with Crippen LogP contribution < -0.4 is 4.72 Å². The highest BCUT2D eigenvalue weighted by molar-refractivity contribution is 7.87. The van der Waals surface area contributed by atoms with Gasteiger partial charge in [-0.1, -0.05) is 6.92 Å². The lowest BCUT2D eigenvalue weighted by Crippen LogP contribution is -2.54. The Morgan fingerprint density at radius 3 is 2.48 bits per heavy atom. The minimum Gasteiger partial charge on any atom is -0.450 e. The van der Waals surface area contributed by atoms with E-state index in [-0.39, 0.29) is 31.5 Å². The zero-order valence-electron chi connectivity index (χ0n) is 14.9. The number of amides is 2. The largest absolute Gasteiger partial charge is 0.450 e. The van der Waals surface area contributed by atoms with Gasteiger partial charge in [0.05, 0.1) is 6.61 Å². The molecule has 10 heteroatoms. The second-order valence-corrected chi connectivity index (χ2v) is 8.24. The van der Waals surface area contributed by atoms with Crippen LogP contribution in [0.4, 0.5) is 4.79 Å². The molecule has 9 nitrogen and oxygen atoms in total. The van der Waals surface area contributed by atoms with Gasteiger partial charge in [-0.15, -0.1) is 0 Å². The Bertz CT molecular complexity index is 574. The second-order valence-electron chi connectivity index (χ2n) is 6.49. The molecule has 0 unspecified atom stereocenters. The summed E-state index contributed by atoms with van der Waals surface area (Å²) in [5.41, 5.74) is 0. The number of carbonyl (C=O) groups is 2. The Morgan fingerprint density at radius 1 is 1.24 bits per heavy atom. The van der Waals surface area contributed by atoms with E-state index >= 15 is 0 Å². The molecule has 0 aliphatic carbocycles. The summed E-state index contributed by atoms with van der Waals surface area (Å²) in [4.78, 5) is 26.6. The van der Waals surface area contributed by atoms with Crippen molar-refractivity contribution >= 4 is 22.2 Å². The van der Waals surface area contributed by atoms with Gasteiger partial charge in [-0.05, 0) is 19.3 Å². The van der Waals surface area contributed by atoms with Crippen molar-refractivity contribution in [1.29, 1.82) is 0 Å². The molecule has 2 aliphatic heterocycles. The lowest BCUT2D eigenvalue weighted by molar-refractivity contribution is -0.128. The van der Waals surface area contributed by atoms with Gasteiger partial charge in [0.25, 0.3) is 10.2 Å². The molecule has 2 rings (SSSR count). The van der Waals surface area contributed by atoms with Crippen molar-refractivity contribution in [1.82, 2.24) is 18.8 Å². The first kappa shape index (κ1) is 19.9. The van der Waals surface area contributed by atoms with Crippen molar-refractivity contribution in [2.24, 2.45) is 5.92 Å². The van der Waals surface area contributed by atoms with E-state index in [2.05, 4.69) is 4.72 Å². The van der Waals surface area contributed by atoms with E-state index in [0.29, 0.717) is 32.7 Å². The molecule has 2 fully saturated rings. The fraction of sp³-hybridized carbons (Fsp3) is 0.867. The Balaban J connectivity index is 1.76. The van der Waals surface area contributed by atoms with Crippen molar-refractivity contribution in [2.45, 2.75) is 26.7 Å². The molecule has 2 heterocycles. The number of nitrogens with one attached hydrogen (secondary N) is 1. The number of carbonyl (C=O) groups excluding carboxylic acids is 2. The van der Waals surface area contributed by atoms with Crippen molar-refractivity contribution in [3.05, 3.63) is 0 Å².